The van der Waals surface area contributed by atoms with Gasteiger partial charge in [0.2, 0.25) is 5.91 Å². The van der Waals surface area contributed by atoms with E-state index in [4.69, 9.17) is 10.5 Å². The average molecular weight is 295 g/mol. The number of carbonyl (C=O) groups excluding carboxylic acids is 1. The fraction of sp³-hybridized carbons (Fsp3) is 0.417. The summed E-state index contributed by atoms with van der Waals surface area (Å²) in [5.41, 5.74) is 5.85. The summed E-state index contributed by atoms with van der Waals surface area (Å²) in [5.74, 6) is -2.29. The number of carbonyl (C=O) groups is 1. The third kappa shape index (κ3) is 5.10. The molecule has 0 spiro atoms. The Balaban J connectivity index is 0.00000324. The van der Waals surface area contributed by atoms with Gasteiger partial charge in [-0.3, -0.25) is 4.79 Å². The van der Waals surface area contributed by atoms with Crippen LogP contribution in [0.15, 0.2) is 18.2 Å². The topological polar surface area (TPSA) is 64.3 Å². The minimum Gasteiger partial charge on any atom is -0.382 e. The molecule has 1 unspecified atom stereocenters. The lowest BCUT2D eigenvalue weighted by molar-refractivity contribution is -0.123. The Morgan fingerprint density at radius 3 is 2.53 bits per heavy atom. The first-order chi connectivity index (χ1) is 8.45. The van der Waals surface area contributed by atoms with E-state index in [1.54, 1.807) is 0 Å². The molecule has 0 aliphatic rings. The Morgan fingerprint density at radius 2 is 2.05 bits per heavy atom. The van der Waals surface area contributed by atoms with Crippen molar-refractivity contribution in [1.29, 1.82) is 0 Å². The van der Waals surface area contributed by atoms with Crippen molar-refractivity contribution >= 4 is 18.3 Å². The molecule has 7 heteroatoms. The average Bonchev–Trinajstić information content (AvgIpc) is 2.32. The number of ether oxygens (including phenoxy) is 1. The van der Waals surface area contributed by atoms with E-state index in [-0.39, 0.29) is 24.9 Å². The fourth-order valence-electron chi connectivity index (χ4n) is 1.42. The molecular formula is C12H17ClF2N2O2. The second kappa shape index (κ2) is 8.04. The van der Waals surface area contributed by atoms with Crippen molar-refractivity contribution in [3.63, 3.8) is 0 Å². The van der Waals surface area contributed by atoms with Gasteiger partial charge in [-0.25, -0.2) is 8.78 Å². The summed E-state index contributed by atoms with van der Waals surface area (Å²) in [6.07, 6.45) is 0. The number of hydrogen-bond acceptors (Lipinski definition) is 3. The zero-order valence-electron chi connectivity index (χ0n) is 10.7. The van der Waals surface area contributed by atoms with Crippen LogP contribution in [0.5, 0.6) is 0 Å². The molecular weight excluding hydrogens is 278 g/mol. The Bertz CT molecular complexity index is 430. The van der Waals surface area contributed by atoms with Gasteiger partial charge in [-0.15, -0.1) is 12.4 Å². The molecule has 1 rings (SSSR count). The largest absolute Gasteiger partial charge is 0.382 e. The van der Waals surface area contributed by atoms with Crippen LogP contribution in [0.25, 0.3) is 0 Å². The third-order valence-electron chi connectivity index (χ3n) is 2.41. The molecule has 1 aromatic rings. The molecule has 0 bridgehead atoms. The van der Waals surface area contributed by atoms with Gasteiger partial charge in [0.25, 0.3) is 0 Å². The molecule has 2 atom stereocenters. The standard InChI is InChI=1S/C12H16F2N2O2.ClH/c1-7(15)12(17)16-11(6-18-2)8-3-4-9(13)10(14)5-8;/h3-5,7,11H,6,15H2,1-2H3,(H,16,17);1H/t7-,11?;/m1./s1. The van der Waals surface area contributed by atoms with Crippen LogP contribution in [0.1, 0.15) is 18.5 Å². The number of hydrogen-bond donors (Lipinski definition) is 2. The Labute approximate surface area is 116 Å². The summed E-state index contributed by atoms with van der Waals surface area (Å²) in [5, 5.41) is 2.60. The van der Waals surface area contributed by atoms with Gasteiger partial charge in [0, 0.05) is 7.11 Å². The van der Waals surface area contributed by atoms with E-state index in [9.17, 15) is 13.6 Å². The number of benzene rings is 1. The van der Waals surface area contributed by atoms with Crippen molar-refractivity contribution in [1.82, 2.24) is 5.32 Å². The van der Waals surface area contributed by atoms with Gasteiger partial charge in [0.05, 0.1) is 18.7 Å². The summed E-state index contributed by atoms with van der Waals surface area (Å²) in [4.78, 5) is 11.5. The van der Waals surface area contributed by atoms with Crippen molar-refractivity contribution in [3.8, 4) is 0 Å². The van der Waals surface area contributed by atoms with Gasteiger partial charge in [-0.05, 0) is 24.6 Å². The van der Waals surface area contributed by atoms with Gasteiger partial charge in [0.15, 0.2) is 11.6 Å². The van der Waals surface area contributed by atoms with Crippen LogP contribution in [-0.4, -0.2) is 25.7 Å². The quantitative estimate of drug-likeness (QED) is 0.866. The van der Waals surface area contributed by atoms with Crippen molar-refractivity contribution < 1.29 is 18.3 Å². The van der Waals surface area contributed by atoms with Gasteiger partial charge >= 0.3 is 0 Å². The Hall–Kier alpha value is -1.24. The molecule has 0 fully saturated rings. The maximum atomic E-state index is 13.1. The predicted molar refractivity (Wildman–Crippen MR) is 70.0 cm³/mol. The van der Waals surface area contributed by atoms with E-state index >= 15 is 0 Å². The molecule has 0 aliphatic carbocycles. The molecule has 0 heterocycles. The lowest BCUT2D eigenvalue weighted by Gasteiger charge is -2.19. The summed E-state index contributed by atoms with van der Waals surface area (Å²) in [7, 11) is 1.45. The first-order valence-electron chi connectivity index (χ1n) is 5.45. The van der Waals surface area contributed by atoms with E-state index < -0.39 is 23.7 Å². The molecule has 0 saturated heterocycles. The molecule has 4 nitrogen and oxygen atoms in total. The van der Waals surface area contributed by atoms with Crippen LogP contribution >= 0.6 is 12.4 Å². The number of nitrogens with one attached hydrogen (secondary N) is 1. The number of halogens is 3. The minimum absolute atomic E-state index is 0. The zero-order valence-corrected chi connectivity index (χ0v) is 11.5. The predicted octanol–water partition coefficient (Wildman–Crippen LogP) is 1.54. The molecule has 0 radical (unpaired) electrons. The van der Waals surface area contributed by atoms with E-state index in [2.05, 4.69) is 5.32 Å². The number of methoxy groups -OCH3 is 1. The van der Waals surface area contributed by atoms with Crippen LogP contribution in [0.3, 0.4) is 0 Å². The summed E-state index contributed by atoms with van der Waals surface area (Å²) < 4.78 is 30.9. The lowest BCUT2D eigenvalue weighted by Crippen LogP contribution is -2.41. The molecule has 19 heavy (non-hydrogen) atoms. The van der Waals surface area contributed by atoms with E-state index in [0.29, 0.717) is 5.56 Å². The highest BCUT2D eigenvalue weighted by molar-refractivity contribution is 5.85. The SMILES string of the molecule is COCC(NC(=O)[C@@H](C)N)c1ccc(F)c(F)c1.Cl. The fourth-order valence-corrected chi connectivity index (χ4v) is 1.42. The maximum absolute atomic E-state index is 13.1. The number of rotatable bonds is 5. The van der Waals surface area contributed by atoms with Gasteiger partial charge < -0.3 is 15.8 Å². The van der Waals surface area contributed by atoms with Crippen LogP contribution in [0.4, 0.5) is 8.78 Å². The van der Waals surface area contributed by atoms with Crippen molar-refractivity contribution in [2.45, 2.75) is 19.0 Å². The minimum atomic E-state index is -0.969. The molecule has 1 amide bonds. The molecule has 108 valence electrons. The van der Waals surface area contributed by atoms with E-state index in [1.165, 1.54) is 20.1 Å². The van der Waals surface area contributed by atoms with Crippen LogP contribution in [0, 0.1) is 11.6 Å². The Kier molecular flexibility index (Phi) is 7.51. The van der Waals surface area contributed by atoms with E-state index in [1.807, 2.05) is 0 Å². The molecule has 0 saturated carbocycles. The zero-order chi connectivity index (χ0) is 13.7. The molecule has 1 aromatic carbocycles. The second-order valence-electron chi connectivity index (χ2n) is 3.98. The second-order valence-corrected chi connectivity index (χ2v) is 3.98. The molecule has 0 aromatic heterocycles. The van der Waals surface area contributed by atoms with Crippen LogP contribution < -0.4 is 11.1 Å². The van der Waals surface area contributed by atoms with Gasteiger partial charge in [0.1, 0.15) is 0 Å². The van der Waals surface area contributed by atoms with Gasteiger partial charge in [-0.1, -0.05) is 6.07 Å². The summed E-state index contributed by atoms with van der Waals surface area (Å²) in [6.45, 7) is 1.67. The van der Waals surface area contributed by atoms with Gasteiger partial charge in [-0.2, -0.15) is 0 Å². The number of amides is 1. The van der Waals surface area contributed by atoms with Crippen molar-refractivity contribution in [3.05, 3.63) is 35.4 Å². The van der Waals surface area contributed by atoms with Crippen LogP contribution in [0.2, 0.25) is 0 Å². The first-order valence-corrected chi connectivity index (χ1v) is 5.45. The third-order valence-corrected chi connectivity index (χ3v) is 2.41. The Morgan fingerprint density at radius 1 is 1.42 bits per heavy atom. The first kappa shape index (κ1) is 17.8. The number of nitrogens with two attached hydrogens (primary N) is 1. The summed E-state index contributed by atoms with van der Waals surface area (Å²) in [6, 6.07) is 2.17. The van der Waals surface area contributed by atoms with Crippen molar-refractivity contribution in [2.75, 3.05) is 13.7 Å². The highest BCUT2D eigenvalue weighted by Gasteiger charge is 2.18. The lowest BCUT2D eigenvalue weighted by atomic mass is 10.1. The smallest absolute Gasteiger partial charge is 0.237 e. The summed E-state index contributed by atoms with van der Waals surface area (Å²) >= 11 is 0. The molecule has 0 aliphatic heterocycles. The normalized spacial score (nSPS) is 13.3. The molecule has 3 N–H and O–H groups in total. The van der Waals surface area contributed by atoms with E-state index in [0.717, 1.165) is 12.1 Å². The van der Waals surface area contributed by atoms with Crippen molar-refractivity contribution in [2.24, 2.45) is 5.73 Å². The highest BCUT2D eigenvalue weighted by Crippen LogP contribution is 2.17. The highest BCUT2D eigenvalue weighted by atomic mass is 35.5. The monoisotopic (exact) mass is 294 g/mol. The maximum Gasteiger partial charge on any atom is 0.237 e. The van der Waals surface area contributed by atoms with Crippen LogP contribution in [-0.2, 0) is 9.53 Å².